The average molecular weight is 461 g/mol. The minimum absolute atomic E-state index is 0.0148. The van der Waals surface area contributed by atoms with Crippen molar-refractivity contribution in [3.63, 3.8) is 0 Å². The van der Waals surface area contributed by atoms with Gasteiger partial charge in [0.15, 0.2) is 0 Å². The number of fused-ring (bicyclic) bond motifs is 1. The number of rotatable bonds is 8. The lowest BCUT2D eigenvalue weighted by atomic mass is 9.97. The van der Waals surface area contributed by atoms with Gasteiger partial charge in [-0.1, -0.05) is 43.2 Å². The van der Waals surface area contributed by atoms with Gasteiger partial charge in [-0.25, -0.2) is 4.79 Å². The molecule has 0 aliphatic carbocycles. The number of piperidine rings is 1. The van der Waals surface area contributed by atoms with Gasteiger partial charge in [-0.2, -0.15) is 0 Å². The van der Waals surface area contributed by atoms with Crippen LogP contribution in [-0.2, 0) is 11.3 Å². The summed E-state index contributed by atoms with van der Waals surface area (Å²) in [4.78, 5) is 28.2. The van der Waals surface area contributed by atoms with Crippen molar-refractivity contribution in [1.29, 1.82) is 0 Å². The molecule has 2 aromatic carbocycles. The number of para-hydroxylation sites is 1. The Morgan fingerprint density at radius 1 is 0.941 bits per heavy atom. The summed E-state index contributed by atoms with van der Waals surface area (Å²) >= 11 is 0. The zero-order valence-electron chi connectivity index (χ0n) is 20.6. The number of pyridine rings is 1. The SMILES string of the molecule is COC(=O)c1cccc(-c2cc3ccccc3n(CCCCCN3[C@H](C)CCC[C@@H]3C)c2=O)c1. The summed E-state index contributed by atoms with van der Waals surface area (Å²) in [6.45, 7) is 6.53. The van der Waals surface area contributed by atoms with Crippen molar-refractivity contribution in [3.05, 3.63) is 70.5 Å². The number of carbonyl (C=O) groups excluding carboxylic acids is 1. The Kier molecular flexibility index (Phi) is 7.84. The third-order valence-electron chi connectivity index (χ3n) is 7.27. The van der Waals surface area contributed by atoms with E-state index in [0.29, 0.717) is 29.8 Å². The third-order valence-corrected chi connectivity index (χ3v) is 7.27. The van der Waals surface area contributed by atoms with Gasteiger partial charge in [-0.05, 0) is 81.3 Å². The Bertz CT molecular complexity index is 1190. The quantitative estimate of drug-likeness (QED) is 0.311. The van der Waals surface area contributed by atoms with E-state index in [9.17, 15) is 9.59 Å². The number of hydrogen-bond donors (Lipinski definition) is 0. The van der Waals surface area contributed by atoms with E-state index in [0.717, 1.165) is 42.3 Å². The fraction of sp³-hybridized carbons (Fsp3) is 0.448. The van der Waals surface area contributed by atoms with Crippen LogP contribution in [0.25, 0.3) is 22.0 Å². The summed E-state index contributed by atoms with van der Waals surface area (Å²) in [5.74, 6) is -0.402. The largest absolute Gasteiger partial charge is 0.465 e. The first-order valence-corrected chi connectivity index (χ1v) is 12.6. The van der Waals surface area contributed by atoms with Gasteiger partial charge in [-0.3, -0.25) is 9.69 Å². The molecule has 5 heteroatoms. The number of methoxy groups -OCH3 is 1. The van der Waals surface area contributed by atoms with E-state index in [-0.39, 0.29) is 5.56 Å². The molecule has 2 heterocycles. The maximum atomic E-state index is 13.6. The van der Waals surface area contributed by atoms with Crippen molar-refractivity contribution in [2.24, 2.45) is 0 Å². The Morgan fingerprint density at radius 2 is 1.68 bits per heavy atom. The molecule has 4 rings (SSSR count). The van der Waals surface area contributed by atoms with Crippen molar-refractivity contribution < 1.29 is 9.53 Å². The van der Waals surface area contributed by atoms with E-state index in [1.165, 1.54) is 26.4 Å². The number of ether oxygens (including phenoxy) is 1. The summed E-state index contributed by atoms with van der Waals surface area (Å²) in [6.07, 6.45) is 7.16. The van der Waals surface area contributed by atoms with Gasteiger partial charge in [0.05, 0.1) is 18.2 Å². The van der Waals surface area contributed by atoms with E-state index in [1.54, 1.807) is 18.2 Å². The predicted molar refractivity (Wildman–Crippen MR) is 138 cm³/mol. The van der Waals surface area contributed by atoms with Crippen molar-refractivity contribution in [3.8, 4) is 11.1 Å². The number of benzene rings is 2. The number of unbranched alkanes of at least 4 members (excludes halogenated alkanes) is 2. The summed E-state index contributed by atoms with van der Waals surface area (Å²) < 4.78 is 6.76. The molecule has 180 valence electrons. The van der Waals surface area contributed by atoms with E-state index < -0.39 is 5.97 Å². The van der Waals surface area contributed by atoms with Crippen LogP contribution in [0.1, 0.15) is 62.7 Å². The number of aryl methyl sites for hydroxylation is 1. The molecule has 5 nitrogen and oxygen atoms in total. The number of aromatic nitrogens is 1. The molecular weight excluding hydrogens is 424 g/mol. The first-order valence-electron chi connectivity index (χ1n) is 12.6. The lowest BCUT2D eigenvalue weighted by molar-refractivity contribution is 0.0601. The third kappa shape index (κ3) is 5.25. The standard InChI is InChI=1S/C29H36N2O3/c1-21-11-9-12-22(2)30(21)17-7-4-8-18-31-27-16-6-5-13-24(27)20-26(28(31)32)23-14-10-15-25(19-23)29(33)34-3/h5-6,10,13-16,19-22H,4,7-9,11-12,17-18H2,1-3H3/t21-,22+. The molecule has 0 radical (unpaired) electrons. The monoisotopic (exact) mass is 460 g/mol. The average Bonchev–Trinajstić information content (AvgIpc) is 2.85. The molecule has 0 amide bonds. The highest BCUT2D eigenvalue weighted by molar-refractivity contribution is 5.91. The van der Waals surface area contributed by atoms with Crippen LogP contribution in [0.4, 0.5) is 0 Å². The fourth-order valence-electron chi connectivity index (χ4n) is 5.34. The number of carbonyl (C=O) groups is 1. The minimum Gasteiger partial charge on any atom is -0.465 e. The molecule has 0 bridgehead atoms. The van der Waals surface area contributed by atoms with Gasteiger partial charge >= 0.3 is 5.97 Å². The summed E-state index contributed by atoms with van der Waals surface area (Å²) in [7, 11) is 1.37. The highest BCUT2D eigenvalue weighted by Crippen LogP contribution is 2.24. The Labute approximate surface area is 202 Å². The van der Waals surface area contributed by atoms with Crippen LogP contribution >= 0.6 is 0 Å². The first-order chi connectivity index (χ1) is 16.5. The van der Waals surface area contributed by atoms with Crippen molar-refractivity contribution in [2.45, 2.75) is 71.0 Å². The highest BCUT2D eigenvalue weighted by atomic mass is 16.5. The van der Waals surface area contributed by atoms with E-state index in [4.69, 9.17) is 4.74 Å². The zero-order valence-corrected chi connectivity index (χ0v) is 20.6. The van der Waals surface area contributed by atoms with Gasteiger partial charge in [0.2, 0.25) is 0 Å². The minimum atomic E-state index is -0.402. The van der Waals surface area contributed by atoms with Gasteiger partial charge < -0.3 is 9.30 Å². The molecule has 3 aromatic rings. The van der Waals surface area contributed by atoms with Crippen LogP contribution in [0, 0.1) is 0 Å². The first kappa shape index (κ1) is 24.2. The van der Waals surface area contributed by atoms with Crippen molar-refractivity contribution in [1.82, 2.24) is 9.47 Å². The normalized spacial score (nSPS) is 18.8. The second-order valence-electron chi connectivity index (χ2n) is 9.57. The number of nitrogens with zero attached hydrogens (tertiary/aromatic N) is 2. The van der Waals surface area contributed by atoms with Crippen molar-refractivity contribution in [2.75, 3.05) is 13.7 Å². The number of hydrogen-bond acceptors (Lipinski definition) is 4. The number of likely N-dealkylation sites (tertiary alicyclic amines) is 1. The fourth-order valence-corrected chi connectivity index (χ4v) is 5.34. The number of esters is 1. The maximum Gasteiger partial charge on any atom is 0.337 e. The lowest BCUT2D eigenvalue weighted by Gasteiger charge is -2.39. The second-order valence-corrected chi connectivity index (χ2v) is 9.57. The molecule has 1 aliphatic rings. The topological polar surface area (TPSA) is 51.5 Å². The van der Waals surface area contributed by atoms with Crippen LogP contribution in [0.15, 0.2) is 59.4 Å². The van der Waals surface area contributed by atoms with Crippen LogP contribution in [-0.4, -0.2) is 41.2 Å². The van der Waals surface area contributed by atoms with E-state index in [1.807, 2.05) is 41.0 Å². The predicted octanol–water partition coefficient (Wildman–Crippen LogP) is 5.89. The smallest absolute Gasteiger partial charge is 0.337 e. The van der Waals surface area contributed by atoms with Gasteiger partial charge in [0.25, 0.3) is 5.56 Å². The molecule has 0 unspecified atom stereocenters. The molecule has 0 spiro atoms. The lowest BCUT2D eigenvalue weighted by Crippen LogP contribution is -2.44. The van der Waals surface area contributed by atoms with E-state index in [2.05, 4.69) is 18.7 Å². The summed E-state index contributed by atoms with van der Waals surface area (Å²) in [5, 5.41) is 1.02. The second kappa shape index (κ2) is 11.0. The van der Waals surface area contributed by atoms with Crippen LogP contribution in [0.3, 0.4) is 0 Å². The molecule has 34 heavy (non-hydrogen) atoms. The van der Waals surface area contributed by atoms with E-state index >= 15 is 0 Å². The van der Waals surface area contributed by atoms with Crippen LogP contribution in [0.2, 0.25) is 0 Å². The maximum absolute atomic E-state index is 13.6. The molecule has 0 N–H and O–H groups in total. The van der Waals surface area contributed by atoms with Gasteiger partial charge in [0, 0.05) is 24.2 Å². The summed E-state index contributed by atoms with van der Waals surface area (Å²) in [5.41, 5.74) is 2.74. The van der Waals surface area contributed by atoms with Crippen LogP contribution < -0.4 is 5.56 Å². The Morgan fingerprint density at radius 3 is 2.44 bits per heavy atom. The van der Waals surface area contributed by atoms with Gasteiger partial charge in [0.1, 0.15) is 0 Å². The molecule has 1 fully saturated rings. The molecular formula is C29H36N2O3. The van der Waals surface area contributed by atoms with Gasteiger partial charge in [-0.15, -0.1) is 0 Å². The summed E-state index contributed by atoms with van der Waals surface area (Å²) in [6, 6.07) is 18.4. The van der Waals surface area contributed by atoms with Crippen LogP contribution in [0.5, 0.6) is 0 Å². The molecule has 2 atom stereocenters. The highest BCUT2D eigenvalue weighted by Gasteiger charge is 2.23. The molecule has 1 saturated heterocycles. The Hall–Kier alpha value is -2.92. The van der Waals surface area contributed by atoms with Crippen molar-refractivity contribution >= 4 is 16.9 Å². The molecule has 1 aromatic heterocycles. The zero-order chi connectivity index (χ0) is 24.1. The molecule has 1 aliphatic heterocycles. The Balaban J connectivity index is 1.53. The molecule has 0 saturated carbocycles.